The molecule has 31 heavy (non-hydrogen) atoms. The molecule has 2 aromatic carbocycles. The quantitative estimate of drug-likeness (QED) is 0.539. The number of benzene rings is 2. The summed E-state index contributed by atoms with van der Waals surface area (Å²) in [6, 6.07) is 15.3. The van der Waals surface area contributed by atoms with E-state index < -0.39 is 21.6 Å². The van der Waals surface area contributed by atoms with Gasteiger partial charge in [0, 0.05) is 24.4 Å². The second kappa shape index (κ2) is 9.70. The molecule has 1 aliphatic heterocycles. The molecule has 0 aromatic heterocycles. The van der Waals surface area contributed by atoms with Gasteiger partial charge in [0.1, 0.15) is 23.7 Å². The van der Waals surface area contributed by atoms with E-state index in [2.05, 4.69) is 4.72 Å². The van der Waals surface area contributed by atoms with Gasteiger partial charge in [0.05, 0.1) is 5.75 Å². The fourth-order valence-electron chi connectivity index (χ4n) is 3.75. The zero-order valence-corrected chi connectivity index (χ0v) is 18.7. The molecule has 2 N–H and O–H groups in total. The number of aliphatic carboxylic acids is 1. The first-order valence-corrected chi connectivity index (χ1v) is 12.0. The van der Waals surface area contributed by atoms with Crippen LogP contribution in [0.4, 0.5) is 0 Å². The first-order chi connectivity index (χ1) is 14.6. The van der Waals surface area contributed by atoms with Gasteiger partial charge in [-0.3, -0.25) is 4.79 Å². The molecule has 0 spiro atoms. The summed E-state index contributed by atoms with van der Waals surface area (Å²) >= 11 is 0. The third-order valence-corrected chi connectivity index (χ3v) is 6.59. The molecule has 3 rings (SSSR count). The zero-order chi connectivity index (χ0) is 22.5. The maximum absolute atomic E-state index is 12.6. The largest absolute Gasteiger partial charge is 0.489 e. The zero-order valence-electron chi connectivity index (χ0n) is 17.8. The number of sulfonamides is 1. The highest BCUT2D eigenvalue weighted by atomic mass is 32.2. The van der Waals surface area contributed by atoms with E-state index in [1.165, 1.54) is 0 Å². The monoisotopic (exact) mass is 447 g/mol. The first kappa shape index (κ1) is 23.1. The number of carbonyl (C=O) groups is 1. The molecule has 0 amide bonds. The number of hydrogen-bond acceptors (Lipinski definition) is 5. The summed E-state index contributed by atoms with van der Waals surface area (Å²) in [6.07, 6.45) is 0.720. The molecule has 0 fully saturated rings. The highest BCUT2D eigenvalue weighted by molar-refractivity contribution is 7.89. The minimum atomic E-state index is -3.58. The van der Waals surface area contributed by atoms with Gasteiger partial charge in [-0.1, -0.05) is 30.3 Å². The van der Waals surface area contributed by atoms with E-state index in [0.717, 1.165) is 11.1 Å². The number of fused-ring (bicyclic) bond motifs is 1. The van der Waals surface area contributed by atoms with Gasteiger partial charge in [0.25, 0.3) is 0 Å². The Kier molecular flexibility index (Phi) is 7.23. The Morgan fingerprint density at radius 1 is 1.23 bits per heavy atom. The molecule has 0 saturated heterocycles. The lowest BCUT2D eigenvalue weighted by Crippen LogP contribution is -2.39. The van der Waals surface area contributed by atoms with E-state index >= 15 is 0 Å². The van der Waals surface area contributed by atoms with Crippen molar-refractivity contribution in [3.8, 4) is 11.5 Å². The van der Waals surface area contributed by atoms with Crippen LogP contribution in [0.25, 0.3) is 0 Å². The summed E-state index contributed by atoms with van der Waals surface area (Å²) in [7, 11) is -3.58. The van der Waals surface area contributed by atoms with Crippen LogP contribution in [-0.2, 0) is 21.4 Å². The minimum Gasteiger partial charge on any atom is -0.489 e. The predicted molar refractivity (Wildman–Crippen MR) is 118 cm³/mol. The molecule has 0 radical (unpaired) electrons. The Hall–Kier alpha value is -2.58. The van der Waals surface area contributed by atoms with Gasteiger partial charge in [-0.2, -0.15) is 0 Å². The van der Waals surface area contributed by atoms with Gasteiger partial charge < -0.3 is 14.6 Å². The van der Waals surface area contributed by atoms with Crippen LogP contribution in [0.2, 0.25) is 0 Å². The Bertz CT molecular complexity index is 1000. The third kappa shape index (κ3) is 6.97. The molecule has 8 heteroatoms. The fraction of sp³-hybridized carbons (Fsp3) is 0.435. The van der Waals surface area contributed by atoms with Gasteiger partial charge in [0.15, 0.2) is 0 Å². The van der Waals surface area contributed by atoms with Crippen molar-refractivity contribution in [3.05, 3.63) is 59.7 Å². The molecule has 1 atom stereocenters. The van der Waals surface area contributed by atoms with E-state index in [9.17, 15) is 13.2 Å². The SMILES string of the molecule is CC1(C)CC(CS(=O)(=O)NCCCC(=O)O)c2cc(OCc3ccccc3)ccc2O1. The van der Waals surface area contributed by atoms with Crippen molar-refractivity contribution in [2.45, 2.75) is 51.2 Å². The molecule has 0 bridgehead atoms. The topological polar surface area (TPSA) is 102 Å². The molecule has 0 aliphatic carbocycles. The van der Waals surface area contributed by atoms with Crippen LogP contribution in [-0.4, -0.2) is 37.4 Å². The molecule has 2 aromatic rings. The second-order valence-electron chi connectivity index (χ2n) is 8.41. The number of nitrogens with one attached hydrogen (secondary N) is 1. The van der Waals surface area contributed by atoms with Crippen molar-refractivity contribution in [1.82, 2.24) is 4.72 Å². The Balaban J connectivity index is 1.73. The summed E-state index contributed by atoms with van der Waals surface area (Å²) in [5.74, 6) is 0.0117. The van der Waals surface area contributed by atoms with Gasteiger partial charge in [-0.15, -0.1) is 0 Å². The van der Waals surface area contributed by atoms with Crippen LogP contribution in [0, 0.1) is 0 Å². The van der Waals surface area contributed by atoms with Crippen LogP contribution in [0.3, 0.4) is 0 Å². The summed E-state index contributed by atoms with van der Waals surface area (Å²) in [6.45, 7) is 4.40. The highest BCUT2D eigenvalue weighted by Crippen LogP contribution is 2.43. The molecule has 1 heterocycles. The van der Waals surface area contributed by atoms with Gasteiger partial charge >= 0.3 is 5.97 Å². The highest BCUT2D eigenvalue weighted by Gasteiger charge is 2.36. The summed E-state index contributed by atoms with van der Waals surface area (Å²) < 4.78 is 39.8. The lowest BCUT2D eigenvalue weighted by Gasteiger charge is -2.37. The lowest BCUT2D eigenvalue weighted by atomic mass is 9.85. The summed E-state index contributed by atoms with van der Waals surface area (Å²) in [5.41, 5.74) is 1.35. The lowest BCUT2D eigenvalue weighted by molar-refractivity contribution is -0.137. The van der Waals surface area contributed by atoms with Crippen LogP contribution in [0.1, 0.15) is 50.2 Å². The molecule has 0 saturated carbocycles. The van der Waals surface area contributed by atoms with Crippen molar-refractivity contribution < 1.29 is 27.8 Å². The van der Waals surface area contributed by atoms with Crippen molar-refractivity contribution in [2.24, 2.45) is 0 Å². The van der Waals surface area contributed by atoms with E-state index in [0.29, 0.717) is 24.5 Å². The molecular formula is C23H29NO6S. The normalized spacial score (nSPS) is 17.4. The number of hydrogen-bond donors (Lipinski definition) is 2. The van der Waals surface area contributed by atoms with Gasteiger partial charge in [-0.25, -0.2) is 13.1 Å². The molecule has 7 nitrogen and oxygen atoms in total. The number of ether oxygens (including phenoxy) is 2. The maximum atomic E-state index is 12.6. The summed E-state index contributed by atoms with van der Waals surface area (Å²) in [4.78, 5) is 10.6. The molecular weight excluding hydrogens is 418 g/mol. The predicted octanol–water partition coefficient (Wildman–Crippen LogP) is 3.69. The van der Waals surface area contributed by atoms with Crippen LogP contribution in [0.5, 0.6) is 11.5 Å². The molecule has 1 unspecified atom stereocenters. The fourth-order valence-corrected chi connectivity index (χ4v) is 5.15. The average Bonchev–Trinajstić information content (AvgIpc) is 2.69. The van der Waals surface area contributed by atoms with E-state index in [1.807, 2.05) is 62.4 Å². The molecule has 1 aliphatic rings. The van der Waals surface area contributed by atoms with E-state index in [1.54, 1.807) is 0 Å². The van der Waals surface area contributed by atoms with Crippen molar-refractivity contribution in [1.29, 1.82) is 0 Å². The van der Waals surface area contributed by atoms with Crippen LogP contribution < -0.4 is 14.2 Å². The Labute approximate surface area is 183 Å². The molecule has 168 valence electrons. The Morgan fingerprint density at radius 3 is 2.68 bits per heavy atom. The van der Waals surface area contributed by atoms with Gasteiger partial charge in [-0.05, 0) is 50.5 Å². The van der Waals surface area contributed by atoms with E-state index in [-0.39, 0.29) is 31.1 Å². The summed E-state index contributed by atoms with van der Waals surface area (Å²) in [5, 5.41) is 8.71. The van der Waals surface area contributed by atoms with Crippen molar-refractivity contribution in [3.63, 3.8) is 0 Å². The third-order valence-electron chi connectivity index (χ3n) is 5.10. The number of carboxylic acids is 1. The smallest absolute Gasteiger partial charge is 0.303 e. The van der Waals surface area contributed by atoms with Crippen molar-refractivity contribution >= 4 is 16.0 Å². The minimum absolute atomic E-state index is 0.0717. The Morgan fingerprint density at radius 2 is 1.97 bits per heavy atom. The van der Waals surface area contributed by atoms with Crippen LogP contribution >= 0.6 is 0 Å². The van der Waals surface area contributed by atoms with Gasteiger partial charge in [0.2, 0.25) is 10.0 Å². The average molecular weight is 448 g/mol. The number of rotatable bonds is 10. The maximum Gasteiger partial charge on any atom is 0.303 e. The second-order valence-corrected chi connectivity index (χ2v) is 10.3. The van der Waals surface area contributed by atoms with Crippen LogP contribution in [0.15, 0.2) is 48.5 Å². The number of carboxylic acid groups (broad SMARTS) is 1. The first-order valence-electron chi connectivity index (χ1n) is 10.3. The van der Waals surface area contributed by atoms with Crippen molar-refractivity contribution in [2.75, 3.05) is 12.3 Å². The van der Waals surface area contributed by atoms with E-state index in [4.69, 9.17) is 14.6 Å². The standard InChI is InChI=1S/C23H29NO6S/c1-23(2)14-18(16-31(27,28)24-12-6-9-22(25)26)20-13-19(10-11-21(20)30-23)29-15-17-7-4-3-5-8-17/h3-5,7-8,10-11,13,18,24H,6,9,12,14-16H2,1-2H3,(H,25,26).